The molecule has 0 spiro atoms. The van der Waals surface area contributed by atoms with Gasteiger partial charge < -0.3 is 20.1 Å². The number of nitrogens with one attached hydrogen (secondary N) is 1. The summed E-state index contributed by atoms with van der Waals surface area (Å²) in [6.45, 7) is 1.56. The van der Waals surface area contributed by atoms with Crippen molar-refractivity contribution >= 4 is 18.0 Å². The Hall–Kier alpha value is -3.35. The summed E-state index contributed by atoms with van der Waals surface area (Å²) in [5.41, 5.74) is 4.72. The fraction of sp³-hybridized carbons (Fsp3) is 0.464. The molecule has 0 radical (unpaired) electrons. The van der Waals surface area contributed by atoms with E-state index in [1.54, 1.807) is 4.90 Å². The molecule has 2 amide bonds. The first-order valence-electron chi connectivity index (χ1n) is 12.6. The van der Waals surface area contributed by atoms with Gasteiger partial charge in [-0.15, -0.1) is 0 Å². The van der Waals surface area contributed by atoms with Gasteiger partial charge in [0, 0.05) is 31.5 Å². The van der Waals surface area contributed by atoms with Crippen molar-refractivity contribution in [3.63, 3.8) is 0 Å². The molecule has 0 aromatic heterocycles. The minimum atomic E-state index is -0.831. The Morgan fingerprint density at radius 3 is 2.31 bits per heavy atom. The Labute approximate surface area is 205 Å². The van der Waals surface area contributed by atoms with Crippen molar-refractivity contribution in [3.8, 4) is 11.1 Å². The number of piperidine rings is 1. The molecular formula is C28H32N2O5. The Bertz CT molecular complexity index is 1070. The molecule has 1 aliphatic heterocycles. The zero-order valence-corrected chi connectivity index (χ0v) is 19.8. The number of carbonyl (C=O) groups excluding carboxylic acids is 2. The van der Waals surface area contributed by atoms with Crippen molar-refractivity contribution < 1.29 is 24.2 Å². The molecule has 1 heterocycles. The van der Waals surface area contributed by atoms with E-state index in [2.05, 4.69) is 29.6 Å². The van der Waals surface area contributed by atoms with Gasteiger partial charge in [0.25, 0.3) is 0 Å². The molecule has 7 nitrogen and oxygen atoms in total. The second-order valence-electron chi connectivity index (χ2n) is 9.97. The molecule has 0 unspecified atom stereocenters. The van der Waals surface area contributed by atoms with Gasteiger partial charge in [0.1, 0.15) is 6.61 Å². The lowest BCUT2D eigenvalue weighted by Crippen LogP contribution is -2.46. The number of fused-ring (bicyclic) bond motifs is 3. The topological polar surface area (TPSA) is 95.9 Å². The molecular weight excluding hydrogens is 444 g/mol. The number of carboxylic acid groups (broad SMARTS) is 1. The third kappa shape index (κ3) is 4.77. The number of aliphatic carboxylic acids is 1. The maximum Gasteiger partial charge on any atom is 0.407 e. The van der Waals surface area contributed by atoms with E-state index >= 15 is 0 Å². The SMILES string of the molecule is O=C(NC[C@@H]1CCC[C@@H]1C(=O)N1CCC[C@H](C(=O)O)C1)OCC1c2ccccc2-c2ccccc21. The Balaban J connectivity index is 1.15. The van der Waals surface area contributed by atoms with Crippen LogP contribution in [0.5, 0.6) is 0 Å². The van der Waals surface area contributed by atoms with Crippen LogP contribution in [0.2, 0.25) is 0 Å². The number of nitrogens with zero attached hydrogens (tertiary/aromatic N) is 1. The maximum atomic E-state index is 13.1. The molecule has 1 saturated carbocycles. The molecule has 3 atom stereocenters. The predicted molar refractivity (Wildman–Crippen MR) is 131 cm³/mol. The number of ether oxygens (including phenoxy) is 1. The highest BCUT2D eigenvalue weighted by Crippen LogP contribution is 2.44. The van der Waals surface area contributed by atoms with E-state index in [0.717, 1.165) is 25.7 Å². The number of hydrogen-bond acceptors (Lipinski definition) is 4. The highest BCUT2D eigenvalue weighted by molar-refractivity contribution is 5.81. The van der Waals surface area contributed by atoms with Gasteiger partial charge in [0.05, 0.1) is 5.92 Å². The first-order chi connectivity index (χ1) is 17.0. The van der Waals surface area contributed by atoms with Crippen LogP contribution in [0, 0.1) is 17.8 Å². The molecule has 2 fully saturated rings. The minimum Gasteiger partial charge on any atom is -0.481 e. The van der Waals surface area contributed by atoms with Crippen molar-refractivity contribution in [2.45, 2.75) is 38.0 Å². The van der Waals surface area contributed by atoms with E-state index in [-0.39, 0.29) is 36.8 Å². The van der Waals surface area contributed by atoms with E-state index in [1.807, 2.05) is 24.3 Å². The molecule has 1 saturated heterocycles. The Kier molecular flexibility index (Phi) is 6.75. The van der Waals surface area contributed by atoms with Gasteiger partial charge in [-0.3, -0.25) is 9.59 Å². The highest BCUT2D eigenvalue weighted by atomic mass is 16.5. The van der Waals surface area contributed by atoms with Crippen LogP contribution in [0.15, 0.2) is 48.5 Å². The van der Waals surface area contributed by atoms with Crippen LogP contribution in [-0.4, -0.2) is 54.2 Å². The average Bonchev–Trinajstić information content (AvgIpc) is 3.48. The lowest BCUT2D eigenvalue weighted by Gasteiger charge is -2.34. The van der Waals surface area contributed by atoms with Crippen LogP contribution in [0.25, 0.3) is 11.1 Å². The predicted octanol–water partition coefficient (Wildman–Crippen LogP) is 4.26. The van der Waals surface area contributed by atoms with Crippen LogP contribution in [0.3, 0.4) is 0 Å². The largest absolute Gasteiger partial charge is 0.481 e. The van der Waals surface area contributed by atoms with E-state index < -0.39 is 18.0 Å². The second kappa shape index (κ2) is 10.1. The molecule has 7 heteroatoms. The molecule has 2 N–H and O–H groups in total. The van der Waals surface area contributed by atoms with Crippen LogP contribution < -0.4 is 5.32 Å². The quantitative estimate of drug-likeness (QED) is 0.649. The van der Waals surface area contributed by atoms with E-state index in [1.165, 1.54) is 22.3 Å². The summed E-state index contributed by atoms with van der Waals surface area (Å²) in [4.78, 5) is 38.8. The smallest absolute Gasteiger partial charge is 0.407 e. The average molecular weight is 477 g/mol. The summed E-state index contributed by atoms with van der Waals surface area (Å²) in [5.74, 6) is -1.39. The highest BCUT2D eigenvalue weighted by Gasteiger charge is 2.38. The van der Waals surface area contributed by atoms with Gasteiger partial charge in [-0.1, -0.05) is 55.0 Å². The number of alkyl carbamates (subject to hydrolysis) is 1. The lowest BCUT2D eigenvalue weighted by atomic mass is 9.92. The zero-order chi connectivity index (χ0) is 24.4. The third-order valence-corrected chi connectivity index (χ3v) is 7.91. The lowest BCUT2D eigenvalue weighted by molar-refractivity contribution is -0.147. The molecule has 35 heavy (non-hydrogen) atoms. The number of amides is 2. The molecule has 184 valence electrons. The van der Waals surface area contributed by atoms with Gasteiger partial charge in [0.2, 0.25) is 5.91 Å². The minimum absolute atomic E-state index is 0.00948. The van der Waals surface area contributed by atoms with Gasteiger partial charge in [-0.25, -0.2) is 4.79 Å². The first-order valence-corrected chi connectivity index (χ1v) is 12.6. The molecule has 0 bridgehead atoms. The summed E-state index contributed by atoms with van der Waals surface area (Å²) in [6, 6.07) is 16.5. The molecule has 2 aliphatic carbocycles. The van der Waals surface area contributed by atoms with Crippen LogP contribution in [-0.2, 0) is 14.3 Å². The first kappa shape index (κ1) is 23.4. The molecule has 2 aromatic rings. The number of hydrogen-bond donors (Lipinski definition) is 2. The number of carboxylic acids is 1. The molecule has 2 aromatic carbocycles. The summed E-state index contributed by atoms with van der Waals surface area (Å²) in [5, 5.41) is 12.2. The van der Waals surface area contributed by atoms with Crippen molar-refractivity contribution in [1.82, 2.24) is 10.2 Å². The molecule has 5 rings (SSSR count). The monoisotopic (exact) mass is 476 g/mol. The summed E-state index contributed by atoms with van der Waals surface area (Å²) in [6.07, 6.45) is 3.47. The number of likely N-dealkylation sites (tertiary alicyclic amines) is 1. The van der Waals surface area contributed by atoms with Crippen LogP contribution in [0.1, 0.15) is 49.1 Å². The second-order valence-corrected chi connectivity index (χ2v) is 9.97. The number of carbonyl (C=O) groups is 3. The zero-order valence-electron chi connectivity index (χ0n) is 19.8. The van der Waals surface area contributed by atoms with Crippen molar-refractivity contribution in [2.75, 3.05) is 26.2 Å². The van der Waals surface area contributed by atoms with Crippen LogP contribution in [0.4, 0.5) is 4.79 Å². The summed E-state index contributed by atoms with van der Waals surface area (Å²) >= 11 is 0. The number of benzene rings is 2. The molecule has 3 aliphatic rings. The fourth-order valence-electron chi connectivity index (χ4n) is 6.08. The number of rotatable bonds is 6. The van der Waals surface area contributed by atoms with Crippen molar-refractivity contribution in [2.24, 2.45) is 17.8 Å². The Morgan fingerprint density at radius 2 is 1.63 bits per heavy atom. The van der Waals surface area contributed by atoms with Crippen LogP contribution >= 0.6 is 0 Å². The van der Waals surface area contributed by atoms with Gasteiger partial charge >= 0.3 is 12.1 Å². The maximum absolute atomic E-state index is 13.1. The van der Waals surface area contributed by atoms with Gasteiger partial charge in [-0.2, -0.15) is 0 Å². The van der Waals surface area contributed by atoms with E-state index in [4.69, 9.17) is 4.74 Å². The standard InChI is InChI=1S/C28H32N2O5/c31-26(30-14-6-8-19(16-30)27(32)33)20-13-5-7-18(20)15-29-28(34)35-17-25-23-11-3-1-9-21(23)22-10-2-4-12-24(22)25/h1-4,9-12,18-20,25H,5-8,13-17H2,(H,29,34)(H,32,33)/t18-,19-,20-/m0/s1. The summed E-state index contributed by atoms with van der Waals surface area (Å²) < 4.78 is 5.64. The van der Waals surface area contributed by atoms with Crippen molar-refractivity contribution in [3.05, 3.63) is 59.7 Å². The Morgan fingerprint density at radius 1 is 0.943 bits per heavy atom. The summed E-state index contributed by atoms with van der Waals surface area (Å²) in [7, 11) is 0. The third-order valence-electron chi connectivity index (χ3n) is 7.91. The van der Waals surface area contributed by atoms with E-state index in [9.17, 15) is 19.5 Å². The normalized spacial score (nSPS) is 23.4. The van der Waals surface area contributed by atoms with Gasteiger partial charge in [0.15, 0.2) is 0 Å². The van der Waals surface area contributed by atoms with Crippen molar-refractivity contribution in [1.29, 1.82) is 0 Å². The van der Waals surface area contributed by atoms with Gasteiger partial charge in [-0.05, 0) is 53.9 Å². The van der Waals surface area contributed by atoms with E-state index in [0.29, 0.717) is 19.5 Å². The fourth-order valence-corrected chi connectivity index (χ4v) is 6.08.